The second kappa shape index (κ2) is 7.33. The summed E-state index contributed by atoms with van der Waals surface area (Å²) >= 11 is 7.62. The zero-order valence-corrected chi connectivity index (χ0v) is 14.3. The smallest absolute Gasteiger partial charge is 0.240 e. The maximum atomic E-state index is 12.5. The predicted octanol–water partition coefficient (Wildman–Crippen LogP) is 2.78. The van der Waals surface area contributed by atoms with Gasteiger partial charge in [0, 0.05) is 16.3 Å². The van der Waals surface area contributed by atoms with Crippen LogP contribution in [0.3, 0.4) is 0 Å². The number of hydrogen-bond donors (Lipinski definition) is 2. The zero-order chi connectivity index (χ0) is 15.5. The largest absolute Gasteiger partial charge is 0.392 e. The van der Waals surface area contributed by atoms with E-state index in [4.69, 9.17) is 11.6 Å². The number of rotatable bonds is 5. The molecule has 2 rings (SSSR count). The van der Waals surface area contributed by atoms with Gasteiger partial charge in [-0.1, -0.05) is 24.4 Å². The van der Waals surface area contributed by atoms with Crippen molar-refractivity contribution in [1.82, 2.24) is 4.72 Å². The van der Waals surface area contributed by atoms with Gasteiger partial charge in [0.25, 0.3) is 0 Å². The van der Waals surface area contributed by atoms with Gasteiger partial charge in [0.05, 0.1) is 11.5 Å². The van der Waals surface area contributed by atoms with Gasteiger partial charge in [-0.2, -0.15) is 11.8 Å². The SMILES string of the molecule is CSC1CCCCC1NS(=O)(=O)c1ccc(Cl)c(CO)c1. The lowest BCUT2D eigenvalue weighted by atomic mass is 9.96. The number of aliphatic hydroxyl groups excluding tert-OH is 1. The van der Waals surface area contributed by atoms with Crippen LogP contribution in [0.1, 0.15) is 31.2 Å². The van der Waals surface area contributed by atoms with Crippen molar-refractivity contribution in [2.45, 2.75) is 48.5 Å². The quantitative estimate of drug-likeness (QED) is 0.857. The van der Waals surface area contributed by atoms with Crippen LogP contribution in [0.25, 0.3) is 0 Å². The number of nitrogens with one attached hydrogen (secondary N) is 1. The Morgan fingerprint density at radius 1 is 1.38 bits per heavy atom. The number of hydrogen-bond acceptors (Lipinski definition) is 4. The molecule has 0 aromatic heterocycles. The van der Waals surface area contributed by atoms with Crippen LogP contribution in [-0.2, 0) is 16.6 Å². The molecule has 2 atom stereocenters. The molecule has 0 saturated heterocycles. The predicted molar refractivity (Wildman–Crippen MR) is 87.3 cm³/mol. The van der Waals surface area contributed by atoms with Gasteiger partial charge in [-0.15, -0.1) is 0 Å². The van der Waals surface area contributed by atoms with Gasteiger partial charge in [-0.25, -0.2) is 13.1 Å². The topological polar surface area (TPSA) is 66.4 Å². The van der Waals surface area contributed by atoms with Gasteiger partial charge in [0.1, 0.15) is 0 Å². The van der Waals surface area contributed by atoms with E-state index in [1.807, 2.05) is 6.26 Å². The monoisotopic (exact) mass is 349 g/mol. The molecule has 0 amide bonds. The minimum Gasteiger partial charge on any atom is -0.392 e. The zero-order valence-electron chi connectivity index (χ0n) is 11.9. The Morgan fingerprint density at radius 2 is 2.10 bits per heavy atom. The second-order valence-corrected chi connectivity index (χ2v) is 8.40. The Balaban J connectivity index is 2.21. The number of sulfonamides is 1. The molecule has 1 aliphatic rings. The molecular weight excluding hydrogens is 330 g/mol. The van der Waals surface area contributed by atoms with Crippen molar-refractivity contribution in [1.29, 1.82) is 0 Å². The third-order valence-corrected chi connectivity index (χ3v) is 6.84. The molecule has 1 saturated carbocycles. The molecule has 0 aliphatic heterocycles. The lowest BCUT2D eigenvalue weighted by molar-refractivity contribution is 0.281. The number of benzene rings is 1. The van der Waals surface area contributed by atoms with Crippen molar-refractivity contribution in [2.75, 3.05) is 6.26 Å². The van der Waals surface area contributed by atoms with Crippen LogP contribution in [0.15, 0.2) is 23.1 Å². The van der Waals surface area contributed by atoms with Crippen molar-refractivity contribution in [3.63, 3.8) is 0 Å². The van der Waals surface area contributed by atoms with Crippen LogP contribution < -0.4 is 4.72 Å². The fourth-order valence-electron chi connectivity index (χ4n) is 2.62. The van der Waals surface area contributed by atoms with Gasteiger partial charge in [0.2, 0.25) is 10.0 Å². The average Bonchev–Trinajstić information content (AvgIpc) is 2.47. The highest BCUT2D eigenvalue weighted by atomic mass is 35.5. The Bertz CT molecular complexity index is 592. The summed E-state index contributed by atoms with van der Waals surface area (Å²) in [4.78, 5) is 0.154. The molecule has 0 radical (unpaired) electrons. The third-order valence-electron chi connectivity index (χ3n) is 3.81. The van der Waals surface area contributed by atoms with E-state index in [0.29, 0.717) is 15.8 Å². The molecule has 4 nitrogen and oxygen atoms in total. The second-order valence-electron chi connectivity index (χ2n) is 5.20. The fourth-order valence-corrected chi connectivity index (χ4v) is 5.18. The highest BCUT2D eigenvalue weighted by Gasteiger charge is 2.29. The Hall–Kier alpha value is -0.270. The lowest BCUT2D eigenvalue weighted by Gasteiger charge is -2.30. The first-order valence-electron chi connectivity index (χ1n) is 6.92. The van der Waals surface area contributed by atoms with Crippen molar-refractivity contribution in [3.8, 4) is 0 Å². The van der Waals surface area contributed by atoms with E-state index in [0.717, 1.165) is 25.7 Å². The summed E-state index contributed by atoms with van der Waals surface area (Å²) in [5, 5.41) is 9.90. The van der Waals surface area contributed by atoms with Crippen molar-refractivity contribution >= 4 is 33.4 Å². The third kappa shape index (κ3) is 4.13. The van der Waals surface area contributed by atoms with Crippen LogP contribution in [0.2, 0.25) is 5.02 Å². The first-order valence-corrected chi connectivity index (χ1v) is 10.1. The van der Waals surface area contributed by atoms with Crippen LogP contribution in [0.5, 0.6) is 0 Å². The molecule has 1 aromatic rings. The fraction of sp³-hybridized carbons (Fsp3) is 0.571. The molecular formula is C14H20ClNO3S2. The number of thioether (sulfide) groups is 1. The standard InChI is InChI=1S/C14H20ClNO3S2/c1-20-14-5-3-2-4-13(14)16-21(18,19)11-6-7-12(15)10(8-11)9-17/h6-8,13-14,16-17H,2-5,9H2,1H3. The molecule has 1 aromatic carbocycles. The number of halogens is 1. The van der Waals surface area contributed by atoms with Crippen LogP contribution in [0.4, 0.5) is 0 Å². The van der Waals surface area contributed by atoms with E-state index in [-0.39, 0.29) is 17.5 Å². The van der Waals surface area contributed by atoms with Gasteiger partial charge in [-0.3, -0.25) is 0 Å². The van der Waals surface area contributed by atoms with Crippen LogP contribution >= 0.6 is 23.4 Å². The van der Waals surface area contributed by atoms with Gasteiger partial charge >= 0.3 is 0 Å². The summed E-state index contributed by atoms with van der Waals surface area (Å²) in [6, 6.07) is 4.38. The summed E-state index contributed by atoms with van der Waals surface area (Å²) in [7, 11) is -3.59. The molecule has 1 aliphatic carbocycles. The molecule has 0 heterocycles. The van der Waals surface area contributed by atoms with E-state index >= 15 is 0 Å². The Kier molecular flexibility index (Phi) is 5.96. The van der Waals surface area contributed by atoms with Crippen molar-refractivity contribution in [3.05, 3.63) is 28.8 Å². The molecule has 2 unspecified atom stereocenters. The first-order chi connectivity index (χ1) is 9.97. The summed E-state index contributed by atoms with van der Waals surface area (Å²) in [6.07, 6.45) is 6.12. The number of aliphatic hydroxyl groups is 1. The highest BCUT2D eigenvalue weighted by molar-refractivity contribution is 7.99. The Morgan fingerprint density at radius 3 is 2.76 bits per heavy atom. The molecule has 7 heteroatoms. The van der Waals surface area contributed by atoms with E-state index in [1.54, 1.807) is 11.8 Å². The maximum Gasteiger partial charge on any atom is 0.240 e. The average molecular weight is 350 g/mol. The lowest BCUT2D eigenvalue weighted by Crippen LogP contribution is -2.43. The summed E-state index contributed by atoms with van der Waals surface area (Å²) in [5.41, 5.74) is 0.421. The van der Waals surface area contributed by atoms with E-state index in [1.165, 1.54) is 18.2 Å². The minimum absolute atomic E-state index is 0.0352. The van der Waals surface area contributed by atoms with Gasteiger partial charge in [0.15, 0.2) is 0 Å². The molecule has 2 N–H and O–H groups in total. The summed E-state index contributed by atoms with van der Waals surface area (Å²) < 4.78 is 27.8. The van der Waals surface area contributed by atoms with Crippen molar-refractivity contribution < 1.29 is 13.5 Å². The summed E-state index contributed by atoms with van der Waals surface area (Å²) in [6.45, 7) is -0.279. The molecule has 0 spiro atoms. The summed E-state index contributed by atoms with van der Waals surface area (Å²) in [5.74, 6) is 0. The normalized spacial score (nSPS) is 23.2. The minimum atomic E-state index is -3.59. The highest BCUT2D eigenvalue weighted by Crippen LogP contribution is 2.29. The molecule has 0 bridgehead atoms. The van der Waals surface area contributed by atoms with E-state index < -0.39 is 10.0 Å². The van der Waals surface area contributed by atoms with Gasteiger partial charge in [-0.05, 0) is 42.9 Å². The maximum absolute atomic E-state index is 12.5. The van der Waals surface area contributed by atoms with Crippen LogP contribution in [0, 0.1) is 0 Å². The van der Waals surface area contributed by atoms with Crippen molar-refractivity contribution in [2.24, 2.45) is 0 Å². The van der Waals surface area contributed by atoms with Crippen LogP contribution in [-0.4, -0.2) is 31.1 Å². The molecule has 118 valence electrons. The Labute approximate surface area is 135 Å². The molecule has 1 fully saturated rings. The molecule has 21 heavy (non-hydrogen) atoms. The van der Waals surface area contributed by atoms with Gasteiger partial charge < -0.3 is 5.11 Å². The van der Waals surface area contributed by atoms with E-state index in [2.05, 4.69) is 4.72 Å². The first kappa shape index (κ1) is 17.1. The van der Waals surface area contributed by atoms with E-state index in [9.17, 15) is 13.5 Å².